The van der Waals surface area contributed by atoms with Crippen molar-refractivity contribution in [2.75, 3.05) is 0 Å². The van der Waals surface area contributed by atoms with Crippen LogP contribution in [0.5, 0.6) is 0 Å². The molecule has 0 radical (unpaired) electrons. The topological polar surface area (TPSA) is 170 Å². The summed E-state index contributed by atoms with van der Waals surface area (Å²) in [5.74, 6) is -0.991. The van der Waals surface area contributed by atoms with Gasteiger partial charge in [-0.1, -0.05) is 0 Å². The molecule has 0 aliphatic heterocycles. The number of H-pyrrole nitrogens is 3. The van der Waals surface area contributed by atoms with Crippen LogP contribution in [-0.2, 0) is 14.1 Å². The number of nitrogens with one attached hydrogen (secondary N) is 3. The number of aromatic amines is 3. The molecule has 0 atom stereocenters. The standard InChI is InChI=1S/C7H8N4O2.C4H3FN2O2.H2O/c1-10-5-4(8-3-9-5)6(12)11(2)7(10)13;5-2-1-6-4(9)7-3(2)8;/h3H,1-2H3,(H,8,9);1H,(H2,6,7,8,9);1H2. The Morgan fingerprint density at radius 1 is 1.09 bits per heavy atom. The third-order valence-corrected chi connectivity index (χ3v) is 2.80. The number of halogens is 1. The Bertz CT molecular complexity index is 1060. The van der Waals surface area contributed by atoms with Crippen LogP contribution in [0.1, 0.15) is 0 Å². The average molecular weight is 328 g/mol. The van der Waals surface area contributed by atoms with E-state index >= 15 is 0 Å². The van der Waals surface area contributed by atoms with Gasteiger partial charge in [0.05, 0.1) is 6.33 Å². The first-order valence-electron chi connectivity index (χ1n) is 5.89. The van der Waals surface area contributed by atoms with E-state index in [1.165, 1.54) is 17.9 Å². The molecular formula is C11H13FN6O5. The van der Waals surface area contributed by atoms with Gasteiger partial charge in [-0.3, -0.25) is 23.7 Å². The number of rotatable bonds is 0. The summed E-state index contributed by atoms with van der Waals surface area (Å²) in [6.07, 6.45) is 2.10. The summed E-state index contributed by atoms with van der Waals surface area (Å²) in [5.41, 5.74) is -1.70. The van der Waals surface area contributed by atoms with E-state index in [9.17, 15) is 23.6 Å². The molecule has 23 heavy (non-hydrogen) atoms. The fraction of sp³-hybridized carbons (Fsp3) is 0.182. The Kier molecular flexibility index (Phi) is 5.14. The highest BCUT2D eigenvalue weighted by Gasteiger charge is 2.08. The fourth-order valence-electron chi connectivity index (χ4n) is 1.66. The average Bonchev–Trinajstić information content (AvgIpc) is 2.97. The highest BCUT2D eigenvalue weighted by atomic mass is 19.1. The first-order chi connectivity index (χ1) is 10.3. The van der Waals surface area contributed by atoms with Gasteiger partial charge < -0.3 is 15.4 Å². The predicted octanol–water partition coefficient (Wildman–Crippen LogP) is -2.66. The molecule has 12 heteroatoms. The number of imidazole rings is 1. The molecule has 0 fully saturated rings. The molecule has 3 aromatic rings. The van der Waals surface area contributed by atoms with Gasteiger partial charge >= 0.3 is 11.4 Å². The van der Waals surface area contributed by atoms with Crippen molar-refractivity contribution in [3.05, 3.63) is 60.0 Å². The van der Waals surface area contributed by atoms with E-state index in [1.807, 2.05) is 4.98 Å². The van der Waals surface area contributed by atoms with Crippen LogP contribution in [0.4, 0.5) is 4.39 Å². The molecule has 0 aliphatic rings. The van der Waals surface area contributed by atoms with Crippen LogP contribution < -0.4 is 22.5 Å². The lowest BCUT2D eigenvalue weighted by Crippen LogP contribution is -2.36. The molecule has 124 valence electrons. The van der Waals surface area contributed by atoms with E-state index in [0.29, 0.717) is 17.4 Å². The van der Waals surface area contributed by atoms with Crippen molar-refractivity contribution in [2.24, 2.45) is 14.1 Å². The minimum absolute atomic E-state index is 0. The maximum absolute atomic E-state index is 12.0. The van der Waals surface area contributed by atoms with Crippen molar-refractivity contribution in [3.8, 4) is 0 Å². The van der Waals surface area contributed by atoms with Crippen LogP contribution in [0.15, 0.2) is 31.7 Å². The molecule has 3 heterocycles. The Morgan fingerprint density at radius 2 is 1.74 bits per heavy atom. The third-order valence-electron chi connectivity index (χ3n) is 2.80. The lowest BCUT2D eigenvalue weighted by molar-refractivity contribution is 0.597. The number of aryl methyl sites for hydroxylation is 1. The first kappa shape index (κ1) is 17.8. The molecule has 3 aromatic heterocycles. The molecule has 5 N–H and O–H groups in total. The van der Waals surface area contributed by atoms with Gasteiger partial charge in [-0.05, 0) is 0 Å². The summed E-state index contributed by atoms with van der Waals surface area (Å²) >= 11 is 0. The summed E-state index contributed by atoms with van der Waals surface area (Å²) in [6.45, 7) is 0. The lowest BCUT2D eigenvalue weighted by atomic mass is 10.5. The summed E-state index contributed by atoms with van der Waals surface area (Å²) in [4.78, 5) is 53.4. The largest absolute Gasteiger partial charge is 0.412 e. The highest BCUT2D eigenvalue weighted by molar-refractivity contribution is 5.68. The molecule has 0 aliphatic carbocycles. The smallest absolute Gasteiger partial charge is 0.332 e. The molecule has 0 bridgehead atoms. The number of aromatic nitrogens is 6. The predicted molar refractivity (Wildman–Crippen MR) is 77.8 cm³/mol. The van der Waals surface area contributed by atoms with Gasteiger partial charge in [0.25, 0.3) is 11.1 Å². The van der Waals surface area contributed by atoms with Crippen molar-refractivity contribution in [3.63, 3.8) is 0 Å². The van der Waals surface area contributed by atoms with Crippen molar-refractivity contribution < 1.29 is 9.87 Å². The van der Waals surface area contributed by atoms with Crippen molar-refractivity contribution in [1.82, 2.24) is 29.1 Å². The van der Waals surface area contributed by atoms with Gasteiger partial charge in [0.1, 0.15) is 5.52 Å². The normalized spacial score (nSPS) is 9.87. The Hall–Kier alpha value is -3.28. The molecule has 3 rings (SSSR count). The number of fused-ring (bicyclic) bond motifs is 1. The van der Waals surface area contributed by atoms with E-state index in [0.717, 1.165) is 4.57 Å². The van der Waals surface area contributed by atoms with Gasteiger partial charge in [-0.2, -0.15) is 4.39 Å². The maximum Gasteiger partial charge on any atom is 0.332 e. The molecular weight excluding hydrogens is 315 g/mol. The van der Waals surface area contributed by atoms with Crippen molar-refractivity contribution in [1.29, 1.82) is 0 Å². The van der Waals surface area contributed by atoms with Crippen LogP contribution in [0, 0.1) is 5.82 Å². The van der Waals surface area contributed by atoms with E-state index in [-0.39, 0.29) is 16.7 Å². The van der Waals surface area contributed by atoms with Gasteiger partial charge in [0, 0.05) is 20.3 Å². The fourth-order valence-corrected chi connectivity index (χ4v) is 1.66. The second-order valence-corrected chi connectivity index (χ2v) is 4.23. The zero-order valence-corrected chi connectivity index (χ0v) is 12.0. The first-order valence-corrected chi connectivity index (χ1v) is 5.89. The molecule has 0 spiro atoms. The Morgan fingerprint density at radius 3 is 2.30 bits per heavy atom. The molecule has 0 aromatic carbocycles. The molecule has 11 nitrogen and oxygen atoms in total. The van der Waals surface area contributed by atoms with E-state index in [2.05, 4.69) is 9.97 Å². The van der Waals surface area contributed by atoms with Crippen LogP contribution in [0.25, 0.3) is 11.2 Å². The number of nitrogens with zero attached hydrogens (tertiary/aromatic N) is 3. The summed E-state index contributed by atoms with van der Waals surface area (Å²) < 4.78 is 14.4. The van der Waals surface area contributed by atoms with Crippen molar-refractivity contribution in [2.45, 2.75) is 0 Å². The zero-order chi connectivity index (χ0) is 16.4. The quantitative estimate of drug-likeness (QED) is 0.408. The van der Waals surface area contributed by atoms with Crippen LogP contribution >= 0.6 is 0 Å². The zero-order valence-electron chi connectivity index (χ0n) is 12.0. The van der Waals surface area contributed by atoms with Crippen molar-refractivity contribution >= 4 is 11.2 Å². The second-order valence-electron chi connectivity index (χ2n) is 4.23. The summed E-state index contributed by atoms with van der Waals surface area (Å²) in [5, 5.41) is 0. The van der Waals surface area contributed by atoms with Crippen LogP contribution in [0.2, 0.25) is 0 Å². The minimum atomic E-state index is -1.00. The number of hydrogen-bond donors (Lipinski definition) is 3. The second kappa shape index (κ2) is 6.65. The van der Waals surface area contributed by atoms with Gasteiger partial charge in [0.2, 0.25) is 5.82 Å². The lowest BCUT2D eigenvalue weighted by Gasteiger charge is -2.00. The van der Waals surface area contributed by atoms with E-state index < -0.39 is 17.1 Å². The maximum atomic E-state index is 12.0. The molecule has 0 saturated carbocycles. The van der Waals surface area contributed by atoms with Gasteiger partial charge in [-0.15, -0.1) is 0 Å². The third kappa shape index (κ3) is 3.32. The monoisotopic (exact) mass is 328 g/mol. The van der Waals surface area contributed by atoms with Crippen LogP contribution in [0.3, 0.4) is 0 Å². The minimum Gasteiger partial charge on any atom is -0.412 e. The van der Waals surface area contributed by atoms with Gasteiger partial charge in [0.15, 0.2) is 5.65 Å². The Labute approximate surface area is 125 Å². The molecule has 0 saturated heterocycles. The van der Waals surface area contributed by atoms with E-state index in [1.54, 1.807) is 12.0 Å². The SMILES string of the molecule is Cn1c(=O)c2[nH]cnc2n(C)c1=O.O.O=c1[nH]cc(F)c(=O)[nH]1. The molecule has 0 unspecified atom stereocenters. The summed E-state index contributed by atoms with van der Waals surface area (Å²) in [7, 11) is 3.01. The number of hydrogen-bond acceptors (Lipinski definition) is 5. The van der Waals surface area contributed by atoms with E-state index in [4.69, 9.17) is 0 Å². The Balaban J connectivity index is 0.000000235. The highest BCUT2D eigenvalue weighted by Crippen LogP contribution is 1.97. The van der Waals surface area contributed by atoms with Gasteiger partial charge in [-0.25, -0.2) is 14.6 Å². The molecule has 0 amide bonds. The van der Waals surface area contributed by atoms with Crippen LogP contribution in [-0.4, -0.2) is 34.5 Å². The summed E-state index contributed by atoms with van der Waals surface area (Å²) in [6, 6.07) is 0.